The Morgan fingerprint density at radius 2 is 1.82 bits per heavy atom. The number of amides is 2. The van der Waals surface area contributed by atoms with Crippen LogP contribution in [0.4, 0.5) is 11.4 Å². The SMILES string of the molecule is COc1ccc([Si](C)(C)[C@@H]2[C@@H](CCn3cc(C(CO)c4ccccc4)nn3)O[C@]3(C(=O)N(C)c4ccc(N5CCCCC5=O)cc43)[C@H]2C)cc1. The lowest BCUT2D eigenvalue weighted by Gasteiger charge is -2.37. The Morgan fingerprint density at radius 1 is 1.06 bits per heavy atom. The largest absolute Gasteiger partial charge is 0.497 e. The van der Waals surface area contributed by atoms with E-state index in [4.69, 9.17) is 9.47 Å². The van der Waals surface area contributed by atoms with Crippen molar-refractivity contribution in [3.8, 4) is 5.75 Å². The molecule has 11 heteroatoms. The molecule has 50 heavy (non-hydrogen) atoms. The van der Waals surface area contributed by atoms with Crippen LogP contribution in [0.1, 0.15) is 55.3 Å². The van der Waals surface area contributed by atoms with Gasteiger partial charge in [-0.15, -0.1) is 5.10 Å². The van der Waals surface area contributed by atoms with Gasteiger partial charge in [-0.3, -0.25) is 14.3 Å². The van der Waals surface area contributed by atoms with E-state index in [-0.39, 0.29) is 41.9 Å². The molecule has 10 nitrogen and oxygen atoms in total. The third-order valence-electron chi connectivity index (χ3n) is 11.5. The summed E-state index contributed by atoms with van der Waals surface area (Å²) in [5, 5.41) is 20.4. The first-order valence-electron chi connectivity index (χ1n) is 17.7. The molecule has 1 aromatic heterocycles. The molecule has 0 bridgehead atoms. The summed E-state index contributed by atoms with van der Waals surface area (Å²) in [6, 6.07) is 24.2. The summed E-state index contributed by atoms with van der Waals surface area (Å²) in [7, 11) is 1.17. The van der Waals surface area contributed by atoms with Crippen molar-refractivity contribution in [3.63, 3.8) is 0 Å². The number of rotatable bonds is 10. The van der Waals surface area contributed by atoms with Gasteiger partial charge in [0.15, 0.2) is 5.60 Å². The van der Waals surface area contributed by atoms with Gasteiger partial charge in [0.1, 0.15) is 5.75 Å². The number of methoxy groups -OCH3 is 1. The fourth-order valence-corrected chi connectivity index (χ4v) is 12.9. The second-order valence-corrected chi connectivity index (χ2v) is 19.3. The van der Waals surface area contributed by atoms with Crippen LogP contribution < -0.4 is 19.7 Å². The lowest BCUT2D eigenvalue weighted by Crippen LogP contribution is -2.51. The third kappa shape index (κ3) is 5.65. The van der Waals surface area contributed by atoms with Gasteiger partial charge in [-0.05, 0) is 60.7 Å². The molecule has 3 aromatic carbocycles. The van der Waals surface area contributed by atoms with Gasteiger partial charge < -0.3 is 24.4 Å². The average Bonchev–Trinajstić information content (AvgIpc) is 3.78. The highest BCUT2D eigenvalue weighted by atomic mass is 28.3. The standard InChI is InChI=1S/C39H47N5O5Si/c1-26-37(50(4,5)30-17-15-29(48-3)16-18-30)35(20-22-43-24-33(40-41-43)31(25-45)27-11-7-6-8-12-27)49-39(26)32-23-28(44-21-10-9-13-36(44)46)14-19-34(32)42(2)38(39)47/h6-8,11-12,14-19,23-24,26,31,35,37,45H,9-10,13,20-22,25H2,1-5H3/t26-,31?,35+,37-,39+/m0/s1. The van der Waals surface area contributed by atoms with Crippen molar-refractivity contribution in [1.29, 1.82) is 0 Å². The molecular formula is C39H47N5O5Si. The molecule has 3 aliphatic heterocycles. The molecule has 0 saturated carbocycles. The number of aryl methyl sites for hydroxylation is 1. The van der Waals surface area contributed by atoms with Gasteiger partial charge in [0.2, 0.25) is 5.91 Å². The number of carbonyl (C=O) groups excluding carboxylic acids is 2. The maximum Gasteiger partial charge on any atom is 0.264 e. The molecule has 4 heterocycles. The van der Waals surface area contributed by atoms with E-state index in [0.29, 0.717) is 31.6 Å². The van der Waals surface area contributed by atoms with E-state index in [9.17, 15) is 14.7 Å². The first kappa shape index (κ1) is 34.1. The topological polar surface area (TPSA) is 110 Å². The van der Waals surface area contributed by atoms with Crippen LogP contribution in [0.25, 0.3) is 0 Å². The molecule has 5 atom stereocenters. The van der Waals surface area contributed by atoms with Crippen molar-refractivity contribution in [2.75, 3.05) is 37.1 Å². The lowest BCUT2D eigenvalue weighted by molar-refractivity contribution is -0.145. The van der Waals surface area contributed by atoms with E-state index < -0.39 is 13.7 Å². The molecule has 1 N–H and O–H groups in total. The highest BCUT2D eigenvalue weighted by Crippen LogP contribution is 2.60. The number of carbonyl (C=O) groups is 2. The van der Waals surface area contributed by atoms with Gasteiger partial charge in [0.05, 0.1) is 45.2 Å². The second-order valence-electron chi connectivity index (χ2n) is 14.6. The Kier molecular flexibility index (Phi) is 9.17. The fourth-order valence-electron chi connectivity index (χ4n) is 8.82. The molecule has 0 radical (unpaired) electrons. The van der Waals surface area contributed by atoms with Crippen molar-refractivity contribution in [1.82, 2.24) is 15.0 Å². The highest BCUT2D eigenvalue weighted by Gasteiger charge is 2.65. The second kappa shape index (κ2) is 13.4. The van der Waals surface area contributed by atoms with Crippen LogP contribution in [0.2, 0.25) is 18.6 Å². The molecule has 262 valence electrons. The number of aliphatic hydroxyl groups is 1. The number of likely N-dealkylation sites (N-methyl/N-ethyl adjacent to an activating group) is 1. The zero-order valence-electron chi connectivity index (χ0n) is 29.6. The Bertz CT molecular complexity index is 1860. The van der Waals surface area contributed by atoms with Gasteiger partial charge in [-0.25, -0.2) is 0 Å². The van der Waals surface area contributed by atoms with Crippen molar-refractivity contribution < 1.29 is 24.2 Å². The number of aromatic nitrogens is 3. The van der Waals surface area contributed by atoms with Gasteiger partial charge in [0.25, 0.3) is 5.91 Å². The summed E-state index contributed by atoms with van der Waals surface area (Å²) < 4.78 is 14.6. The van der Waals surface area contributed by atoms with Crippen LogP contribution in [0.3, 0.4) is 0 Å². The van der Waals surface area contributed by atoms with E-state index in [2.05, 4.69) is 42.5 Å². The van der Waals surface area contributed by atoms with Crippen molar-refractivity contribution in [2.24, 2.45) is 5.92 Å². The summed E-state index contributed by atoms with van der Waals surface area (Å²) in [5.41, 5.74) is 3.07. The quantitative estimate of drug-likeness (QED) is 0.227. The maximum absolute atomic E-state index is 14.6. The number of benzene rings is 3. The van der Waals surface area contributed by atoms with Gasteiger partial charge in [-0.1, -0.05) is 72.9 Å². The minimum absolute atomic E-state index is 0.0640. The monoisotopic (exact) mass is 693 g/mol. The number of aliphatic hydroxyl groups excluding tert-OH is 1. The van der Waals surface area contributed by atoms with Crippen LogP contribution in [-0.4, -0.2) is 73.4 Å². The van der Waals surface area contributed by atoms with Crippen LogP contribution in [0.15, 0.2) is 79.0 Å². The first-order valence-corrected chi connectivity index (χ1v) is 20.8. The third-order valence-corrected chi connectivity index (χ3v) is 15.9. The predicted molar refractivity (Wildman–Crippen MR) is 196 cm³/mol. The van der Waals surface area contributed by atoms with Gasteiger partial charge in [0, 0.05) is 49.9 Å². The normalized spacial score (nSPS) is 24.2. The molecular weight excluding hydrogens is 647 g/mol. The summed E-state index contributed by atoms with van der Waals surface area (Å²) >= 11 is 0. The Labute approximate surface area is 295 Å². The van der Waals surface area contributed by atoms with Crippen LogP contribution in [0, 0.1) is 5.92 Å². The number of hydrogen-bond donors (Lipinski definition) is 1. The highest BCUT2D eigenvalue weighted by molar-refractivity contribution is 6.91. The van der Waals surface area contributed by atoms with Gasteiger partial charge in [-0.2, -0.15) is 0 Å². The van der Waals surface area contributed by atoms with E-state index >= 15 is 0 Å². The van der Waals surface area contributed by atoms with E-state index in [1.165, 1.54) is 5.19 Å². The maximum atomic E-state index is 14.6. The first-order chi connectivity index (χ1) is 24.1. The number of fused-ring (bicyclic) bond motifs is 2. The van der Waals surface area contributed by atoms with E-state index in [1.807, 2.05) is 83.5 Å². The lowest BCUT2D eigenvalue weighted by atomic mass is 9.82. The molecule has 4 aromatic rings. The Hall–Kier alpha value is -4.32. The van der Waals surface area contributed by atoms with E-state index in [1.54, 1.807) is 12.0 Å². The molecule has 1 spiro atoms. The number of hydrogen-bond acceptors (Lipinski definition) is 7. The number of anilines is 2. The zero-order chi connectivity index (χ0) is 35.2. The number of nitrogens with zero attached hydrogens (tertiary/aromatic N) is 5. The summed E-state index contributed by atoms with van der Waals surface area (Å²) in [4.78, 5) is 31.2. The zero-order valence-corrected chi connectivity index (χ0v) is 30.6. The number of piperidine rings is 1. The molecule has 2 saturated heterocycles. The molecule has 1 unspecified atom stereocenters. The Balaban J connectivity index is 1.25. The van der Waals surface area contributed by atoms with Crippen LogP contribution >= 0.6 is 0 Å². The van der Waals surface area contributed by atoms with Crippen LogP contribution in [0.5, 0.6) is 5.75 Å². The minimum atomic E-state index is -2.33. The van der Waals surface area contributed by atoms with Crippen molar-refractivity contribution in [2.45, 2.75) is 75.4 Å². The van der Waals surface area contributed by atoms with Crippen LogP contribution in [-0.2, 0) is 26.5 Å². The summed E-state index contributed by atoms with van der Waals surface area (Å²) in [6.45, 7) is 8.07. The Morgan fingerprint density at radius 3 is 2.52 bits per heavy atom. The molecule has 3 aliphatic rings. The summed E-state index contributed by atoms with van der Waals surface area (Å²) in [5.74, 6) is 0.445. The van der Waals surface area contributed by atoms with Crippen molar-refractivity contribution >= 4 is 36.4 Å². The minimum Gasteiger partial charge on any atom is -0.497 e. The van der Waals surface area contributed by atoms with E-state index in [0.717, 1.165) is 41.1 Å². The fraction of sp³-hybridized carbons (Fsp3) is 0.436. The average molecular weight is 694 g/mol. The molecule has 2 amide bonds. The van der Waals surface area contributed by atoms with Crippen molar-refractivity contribution in [3.05, 3.63) is 95.8 Å². The van der Waals surface area contributed by atoms with Gasteiger partial charge >= 0.3 is 0 Å². The molecule has 7 rings (SSSR count). The predicted octanol–water partition coefficient (Wildman–Crippen LogP) is 5.21. The molecule has 2 fully saturated rings. The molecule has 0 aliphatic carbocycles. The number of ether oxygens (including phenoxy) is 2. The summed E-state index contributed by atoms with van der Waals surface area (Å²) in [6.07, 6.45) is 4.67. The smallest absolute Gasteiger partial charge is 0.264 e.